The van der Waals surface area contributed by atoms with E-state index >= 15 is 4.39 Å². The Bertz CT molecular complexity index is 1280. The number of aldehydes is 1. The van der Waals surface area contributed by atoms with E-state index in [4.69, 9.17) is 32.0 Å². The highest BCUT2D eigenvalue weighted by Gasteiger charge is 2.25. The highest BCUT2D eigenvalue weighted by Crippen LogP contribution is 2.26. The number of aromatic nitrogens is 2. The highest BCUT2D eigenvalue weighted by molar-refractivity contribution is 6.30. The van der Waals surface area contributed by atoms with Crippen LogP contribution in [0.15, 0.2) is 57.3 Å². The average molecular weight is 529 g/mol. The van der Waals surface area contributed by atoms with Crippen LogP contribution in [-0.2, 0) is 16.6 Å². The van der Waals surface area contributed by atoms with Crippen LogP contribution in [-0.4, -0.2) is 54.9 Å². The minimum atomic E-state index is -0.491. The largest absolute Gasteiger partial charge is 0.404 e. The third kappa shape index (κ3) is 6.93. The normalized spacial score (nSPS) is 17.9. The van der Waals surface area contributed by atoms with Gasteiger partial charge in [0.1, 0.15) is 35.3 Å². The molecular weight excluding hydrogens is 495 g/mol. The molecule has 1 aromatic heterocycles. The van der Waals surface area contributed by atoms with Gasteiger partial charge in [0, 0.05) is 67.5 Å². The molecule has 1 fully saturated rings. The minimum absolute atomic E-state index is 0.291. The van der Waals surface area contributed by atoms with Crippen molar-refractivity contribution in [3.05, 3.63) is 63.6 Å². The number of benzene rings is 1. The topological polar surface area (TPSA) is 98.1 Å². The van der Waals surface area contributed by atoms with Gasteiger partial charge in [-0.3, -0.25) is 9.79 Å². The summed E-state index contributed by atoms with van der Waals surface area (Å²) >= 11 is 6.00. The molecule has 198 valence electrons. The molecule has 0 bridgehead atoms. The summed E-state index contributed by atoms with van der Waals surface area (Å²) in [4.78, 5) is 27.5. The van der Waals surface area contributed by atoms with Gasteiger partial charge in [0.05, 0.1) is 12.2 Å². The number of allylic oxidation sites excluding steroid dienone is 2. The molecule has 10 heteroatoms. The Balaban J connectivity index is 2.18. The predicted molar refractivity (Wildman–Crippen MR) is 146 cm³/mol. The van der Waals surface area contributed by atoms with Crippen molar-refractivity contribution >= 4 is 29.9 Å². The number of halogens is 2. The van der Waals surface area contributed by atoms with Crippen LogP contribution in [0.3, 0.4) is 0 Å². The molecule has 3 rings (SSSR count). The first-order valence-corrected chi connectivity index (χ1v) is 12.6. The van der Waals surface area contributed by atoms with Crippen LogP contribution < -0.4 is 16.1 Å². The molecule has 1 aromatic carbocycles. The van der Waals surface area contributed by atoms with Gasteiger partial charge in [0.25, 0.3) is 0 Å². The van der Waals surface area contributed by atoms with Gasteiger partial charge in [0.2, 0.25) is 0 Å². The maximum atomic E-state index is 15.0. The quantitative estimate of drug-likeness (QED) is 0.299. The van der Waals surface area contributed by atoms with E-state index in [-0.39, 0.29) is 6.10 Å². The van der Waals surface area contributed by atoms with Gasteiger partial charge in [-0.25, -0.2) is 14.4 Å². The number of hydrogen-bond acceptors (Lipinski definition) is 7. The molecule has 0 radical (unpaired) electrons. The molecule has 1 saturated heterocycles. The van der Waals surface area contributed by atoms with Crippen molar-refractivity contribution in [1.82, 2.24) is 9.55 Å². The second-order valence-corrected chi connectivity index (χ2v) is 9.22. The van der Waals surface area contributed by atoms with Crippen molar-refractivity contribution in [3.63, 3.8) is 0 Å². The van der Waals surface area contributed by atoms with Gasteiger partial charge in [0.15, 0.2) is 0 Å². The summed E-state index contributed by atoms with van der Waals surface area (Å²) in [5.74, 6) is 0.496. The zero-order valence-electron chi connectivity index (χ0n) is 21.7. The lowest BCUT2D eigenvalue weighted by Crippen LogP contribution is -2.44. The SMILES string of the molecule is CCCC/C(C=O)=C(\C)N=c1cc(N2CCOC(/C(C=NC)=C/N)C2)nc(-c2ccc(Cl)cc2F)n1C. The van der Waals surface area contributed by atoms with Gasteiger partial charge < -0.3 is 19.9 Å². The summed E-state index contributed by atoms with van der Waals surface area (Å²) in [6.45, 7) is 5.39. The number of rotatable bonds is 9. The second kappa shape index (κ2) is 13.3. The predicted octanol–water partition coefficient (Wildman–Crippen LogP) is 4.19. The lowest BCUT2D eigenvalue weighted by atomic mass is 10.1. The number of anilines is 1. The first-order chi connectivity index (χ1) is 17.8. The fraction of sp³-hybridized carbons (Fsp3) is 0.407. The van der Waals surface area contributed by atoms with E-state index in [2.05, 4.69) is 11.9 Å². The van der Waals surface area contributed by atoms with Crippen molar-refractivity contribution in [3.8, 4) is 11.4 Å². The fourth-order valence-corrected chi connectivity index (χ4v) is 4.25. The second-order valence-electron chi connectivity index (χ2n) is 8.78. The van der Waals surface area contributed by atoms with Gasteiger partial charge in [-0.05, 0) is 38.0 Å². The molecule has 1 unspecified atom stereocenters. The van der Waals surface area contributed by atoms with Crippen molar-refractivity contribution in [1.29, 1.82) is 0 Å². The van der Waals surface area contributed by atoms with Crippen LogP contribution in [0.2, 0.25) is 5.02 Å². The molecule has 1 aliphatic rings. The van der Waals surface area contributed by atoms with Crippen LogP contribution in [0.5, 0.6) is 0 Å². The third-order valence-electron chi connectivity index (χ3n) is 6.23. The molecule has 2 heterocycles. The first kappa shape index (κ1) is 28.3. The standard InChI is InChI=1S/C27H34ClFN6O2/c1-5-6-7-19(17-36)18(2)32-25-13-26(35-10-11-37-24(16-35)20(14-30)15-31-3)33-27(34(25)4)22-9-8-21(28)12-23(22)29/h8-9,12-15,17,24H,5-7,10-11,16,30H2,1-4H3/b19-18-,20-14+,31-15?,32-25?. The van der Waals surface area contributed by atoms with E-state index < -0.39 is 5.82 Å². The van der Waals surface area contributed by atoms with Gasteiger partial charge in [-0.15, -0.1) is 0 Å². The van der Waals surface area contributed by atoms with Crippen LogP contribution in [0.4, 0.5) is 10.2 Å². The summed E-state index contributed by atoms with van der Waals surface area (Å²) < 4.78 is 22.7. The number of ether oxygens (including phenoxy) is 1. The lowest BCUT2D eigenvalue weighted by molar-refractivity contribution is -0.105. The van der Waals surface area contributed by atoms with Gasteiger partial charge in [-0.2, -0.15) is 0 Å². The van der Waals surface area contributed by atoms with Crippen molar-refractivity contribution < 1.29 is 13.9 Å². The zero-order chi connectivity index (χ0) is 26.9. The maximum Gasteiger partial charge on any atom is 0.147 e. The van der Waals surface area contributed by atoms with Crippen molar-refractivity contribution in [2.45, 2.75) is 39.2 Å². The molecule has 0 amide bonds. The molecule has 2 aromatic rings. The number of nitrogens with two attached hydrogens (primary N) is 1. The number of carbonyl (C=O) groups is 1. The molecule has 2 N–H and O–H groups in total. The van der Waals surface area contributed by atoms with Crippen molar-refractivity contribution in [2.24, 2.45) is 22.8 Å². The third-order valence-corrected chi connectivity index (χ3v) is 6.47. The molecule has 1 aliphatic heterocycles. The van der Waals surface area contributed by atoms with Gasteiger partial charge in [-0.1, -0.05) is 24.9 Å². The maximum absolute atomic E-state index is 15.0. The lowest BCUT2D eigenvalue weighted by Gasteiger charge is -2.34. The van der Waals surface area contributed by atoms with E-state index in [0.29, 0.717) is 65.1 Å². The molecular formula is C27H34ClFN6O2. The number of nitrogens with zero attached hydrogens (tertiary/aromatic N) is 5. The molecule has 1 atom stereocenters. The molecule has 37 heavy (non-hydrogen) atoms. The average Bonchev–Trinajstić information content (AvgIpc) is 2.89. The van der Waals surface area contributed by atoms with E-state index in [1.54, 1.807) is 37.0 Å². The zero-order valence-corrected chi connectivity index (χ0v) is 22.5. The first-order valence-electron chi connectivity index (χ1n) is 12.3. The Hall–Kier alpha value is -3.30. The van der Waals surface area contributed by atoms with Crippen LogP contribution in [0.25, 0.3) is 11.4 Å². The van der Waals surface area contributed by atoms with E-state index in [1.807, 2.05) is 17.9 Å². The summed E-state index contributed by atoms with van der Waals surface area (Å²) in [5.41, 5.74) is 8.65. The van der Waals surface area contributed by atoms with Crippen LogP contribution >= 0.6 is 11.6 Å². The van der Waals surface area contributed by atoms with Crippen LogP contribution in [0, 0.1) is 5.82 Å². The van der Waals surface area contributed by atoms with Crippen LogP contribution in [0.1, 0.15) is 33.1 Å². The summed E-state index contributed by atoms with van der Waals surface area (Å²) in [5, 5.41) is 0.296. The Morgan fingerprint density at radius 1 is 1.38 bits per heavy atom. The van der Waals surface area contributed by atoms with E-state index in [1.165, 1.54) is 12.3 Å². The summed E-state index contributed by atoms with van der Waals surface area (Å²) in [6, 6.07) is 6.32. The Morgan fingerprint density at radius 2 is 2.16 bits per heavy atom. The molecule has 8 nitrogen and oxygen atoms in total. The Labute approximate surface area is 222 Å². The van der Waals surface area contributed by atoms with E-state index in [9.17, 15) is 4.79 Å². The summed E-state index contributed by atoms with van der Waals surface area (Å²) in [7, 11) is 3.45. The van der Waals surface area contributed by atoms with Gasteiger partial charge >= 0.3 is 0 Å². The Kier molecular flexibility index (Phi) is 10.2. The number of aliphatic imine (C=N–C) groups is 1. The molecule has 0 aliphatic carbocycles. The number of hydrogen-bond donors (Lipinski definition) is 1. The fourth-order valence-electron chi connectivity index (χ4n) is 4.10. The van der Waals surface area contributed by atoms with E-state index in [0.717, 1.165) is 24.7 Å². The number of morpholine rings is 1. The number of unbranched alkanes of at least 4 members (excludes halogenated alkanes) is 1. The minimum Gasteiger partial charge on any atom is -0.404 e. The monoisotopic (exact) mass is 528 g/mol. The number of carbonyl (C=O) groups excluding carboxylic acids is 1. The molecule has 0 saturated carbocycles. The highest BCUT2D eigenvalue weighted by atomic mass is 35.5. The summed E-state index contributed by atoms with van der Waals surface area (Å²) in [6.07, 6.45) is 6.23. The molecule has 0 spiro atoms. The smallest absolute Gasteiger partial charge is 0.147 e. The van der Waals surface area contributed by atoms with Crippen molar-refractivity contribution in [2.75, 3.05) is 31.6 Å². The Morgan fingerprint density at radius 3 is 2.81 bits per heavy atom.